The highest BCUT2D eigenvalue weighted by Gasteiger charge is 2.45. The molecule has 0 radical (unpaired) electrons. The van der Waals surface area contributed by atoms with Crippen molar-refractivity contribution < 1.29 is 23.9 Å². The number of ether oxygens (including phenoxy) is 2. The zero-order valence-corrected chi connectivity index (χ0v) is 17.5. The highest BCUT2D eigenvalue weighted by atomic mass is 16.6. The van der Waals surface area contributed by atoms with Crippen LogP contribution in [0.4, 0.5) is 11.4 Å². The Balaban J connectivity index is 1.77. The molecule has 1 N–H and O–H groups in total. The summed E-state index contributed by atoms with van der Waals surface area (Å²) < 4.78 is 11.1. The van der Waals surface area contributed by atoms with Crippen LogP contribution in [-0.4, -0.2) is 35.5 Å². The van der Waals surface area contributed by atoms with Gasteiger partial charge < -0.3 is 14.8 Å². The fourth-order valence-corrected chi connectivity index (χ4v) is 3.29. The van der Waals surface area contributed by atoms with Crippen LogP contribution in [-0.2, 0) is 19.1 Å². The molecule has 0 fully saturated rings. The number of benzene rings is 2. The van der Waals surface area contributed by atoms with Gasteiger partial charge in [-0.25, -0.2) is 4.79 Å². The zero-order valence-electron chi connectivity index (χ0n) is 17.5. The summed E-state index contributed by atoms with van der Waals surface area (Å²) in [7, 11) is 0. The van der Waals surface area contributed by atoms with E-state index in [1.807, 2.05) is 6.07 Å². The molecule has 2 aromatic carbocycles. The minimum atomic E-state index is -1.14. The average Bonchev–Trinajstić information content (AvgIpc) is 2.73. The van der Waals surface area contributed by atoms with Gasteiger partial charge in [0.2, 0.25) is 5.91 Å². The van der Waals surface area contributed by atoms with Crippen LogP contribution in [0.3, 0.4) is 0 Å². The lowest BCUT2D eigenvalue weighted by atomic mass is 9.95. The summed E-state index contributed by atoms with van der Waals surface area (Å²) in [6.07, 6.45) is -1.55. The summed E-state index contributed by atoms with van der Waals surface area (Å²) in [4.78, 5) is 39.9. The summed E-state index contributed by atoms with van der Waals surface area (Å²) in [6, 6.07) is 16.0. The van der Waals surface area contributed by atoms with Gasteiger partial charge in [-0.2, -0.15) is 0 Å². The number of hydrogen-bond donors (Lipinski definition) is 1. The van der Waals surface area contributed by atoms with Crippen molar-refractivity contribution in [2.45, 2.75) is 51.9 Å². The average molecular weight is 410 g/mol. The molecule has 2 amide bonds. The quantitative estimate of drug-likeness (QED) is 0.737. The molecule has 1 aliphatic heterocycles. The molecule has 2 atom stereocenters. The Hall–Kier alpha value is -3.35. The van der Waals surface area contributed by atoms with E-state index in [9.17, 15) is 14.4 Å². The van der Waals surface area contributed by atoms with Crippen molar-refractivity contribution in [1.29, 1.82) is 0 Å². The standard InChI is InChI=1S/C23H26N2O5/c1-5-19(30-16-11-7-6-8-12-16)21(27)29-15(2)20(26)25-18-14-10-9-13-17(18)24-22(28)23(25,3)4/h6-15,19H,5H2,1-4H3,(H,24,28)/t15-,19-/m1/s1. The minimum absolute atomic E-state index is 0.313. The Morgan fingerprint density at radius 2 is 1.70 bits per heavy atom. The van der Waals surface area contributed by atoms with Crippen LogP contribution in [0.2, 0.25) is 0 Å². The van der Waals surface area contributed by atoms with Crippen molar-refractivity contribution in [3.63, 3.8) is 0 Å². The van der Waals surface area contributed by atoms with Crippen LogP contribution in [0.25, 0.3) is 0 Å². The summed E-state index contributed by atoms with van der Waals surface area (Å²) in [6.45, 7) is 6.60. The first kappa shape index (κ1) is 21.4. The number of carbonyl (C=O) groups is 3. The van der Waals surface area contributed by atoms with Gasteiger partial charge in [0, 0.05) is 0 Å². The molecule has 158 valence electrons. The maximum absolute atomic E-state index is 13.3. The Bertz CT molecular complexity index is 942. The van der Waals surface area contributed by atoms with Crippen LogP contribution in [0.1, 0.15) is 34.1 Å². The second-order valence-corrected chi connectivity index (χ2v) is 7.61. The van der Waals surface area contributed by atoms with Gasteiger partial charge in [0.1, 0.15) is 11.3 Å². The third-order valence-electron chi connectivity index (χ3n) is 5.02. The number of rotatable bonds is 6. The minimum Gasteiger partial charge on any atom is -0.479 e. The number of carbonyl (C=O) groups excluding carboxylic acids is 3. The molecule has 7 nitrogen and oxygen atoms in total. The number of amides is 2. The molecular formula is C23H26N2O5. The molecule has 7 heteroatoms. The fraction of sp³-hybridized carbons (Fsp3) is 0.348. The van der Waals surface area contributed by atoms with Crippen LogP contribution in [0, 0.1) is 0 Å². The molecule has 2 aromatic rings. The Morgan fingerprint density at radius 3 is 2.37 bits per heavy atom. The van der Waals surface area contributed by atoms with E-state index >= 15 is 0 Å². The smallest absolute Gasteiger partial charge is 0.348 e. The van der Waals surface area contributed by atoms with Gasteiger partial charge >= 0.3 is 5.97 Å². The molecule has 0 aliphatic carbocycles. The van der Waals surface area contributed by atoms with Crippen LogP contribution < -0.4 is 15.0 Å². The molecule has 1 aliphatic rings. The number of anilines is 2. The van der Waals surface area contributed by atoms with E-state index in [1.165, 1.54) is 11.8 Å². The lowest BCUT2D eigenvalue weighted by Crippen LogP contribution is -2.60. The largest absolute Gasteiger partial charge is 0.479 e. The lowest BCUT2D eigenvalue weighted by Gasteiger charge is -2.42. The lowest BCUT2D eigenvalue weighted by molar-refractivity contribution is -0.161. The molecule has 0 saturated carbocycles. The van der Waals surface area contributed by atoms with Crippen molar-refractivity contribution in [2.24, 2.45) is 0 Å². The number of para-hydroxylation sites is 3. The van der Waals surface area contributed by atoms with Gasteiger partial charge in [0.15, 0.2) is 12.2 Å². The van der Waals surface area contributed by atoms with Crippen molar-refractivity contribution in [2.75, 3.05) is 10.2 Å². The SMILES string of the molecule is CC[C@@H](Oc1ccccc1)C(=O)O[C@H](C)C(=O)N1c2ccccc2NC(=O)C1(C)C. The molecule has 30 heavy (non-hydrogen) atoms. The molecule has 0 saturated heterocycles. The normalized spacial score (nSPS) is 16.7. The van der Waals surface area contributed by atoms with Gasteiger partial charge in [-0.05, 0) is 51.5 Å². The van der Waals surface area contributed by atoms with Gasteiger partial charge in [-0.1, -0.05) is 37.3 Å². The number of esters is 1. The first-order valence-electron chi connectivity index (χ1n) is 9.92. The van der Waals surface area contributed by atoms with Crippen molar-refractivity contribution in [3.8, 4) is 5.75 Å². The van der Waals surface area contributed by atoms with Gasteiger partial charge in [-0.15, -0.1) is 0 Å². The van der Waals surface area contributed by atoms with Crippen molar-refractivity contribution >= 4 is 29.2 Å². The predicted octanol–water partition coefficient (Wildman–Crippen LogP) is 3.54. The molecule has 3 rings (SSSR count). The van der Waals surface area contributed by atoms with Crippen molar-refractivity contribution in [3.05, 3.63) is 54.6 Å². The van der Waals surface area contributed by atoms with Crippen LogP contribution >= 0.6 is 0 Å². The van der Waals surface area contributed by atoms with Crippen LogP contribution in [0.15, 0.2) is 54.6 Å². The third kappa shape index (κ3) is 4.15. The van der Waals surface area contributed by atoms with E-state index in [-0.39, 0.29) is 5.91 Å². The van der Waals surface area contributed by atoms with E-state index < -0.39 is 29.6 Å². The second kappa shape index (κ2) is 8.57. The number of fused-ring (bicyclic) bond motifs is 1. The number of hydrogen-bond acceptors (Lipinski definition) is 5. The number of nitrogens with one attached hydrogen (secondary N) is 1. The Morgan fingerprint density at radius 1 is 1.07 bits per heavy atom. The maximum Gasteiger partial charge on any atom is 0.348 e. The zero-order chi connectivity index (χ0) is 21.9. The van der Waals surface area contributed by atoms with Crippen LogP contribution in [0.5, 0.6) is 5.75 Å². The maximum atomic E-state index is 13.3. The van der Waals surface area contributed by atoms with Gasteiger partial charge in [0.25, 0.3) is 5.91 Å². The molecule has 0 aromatic heterocycles. The summed E-state index contributed by atoms with van der Waals surface area (Å²) >= 11 is 0. The molecular weight excluding hydrogens is 384 g/mol. The van der Waals surface area contributed by atoms with E-state index in [0.29, 0.717) is 23.5 Å². The summed E-state index contributed by atoms with van der Waals surface area (Å²) in [5.74, 6) is -0.880. The summed E-state index contributed by atoms with van der Waals surface area (Å²) in [5, 5.41) is 2.81. The topological polar surface area (TPSA) is 84.9 Å². The Kier molecular flexibility index (Phi) is 6.10. The fourth-order valence-electron chi connectivity index (χ4n) is 3.29. The van der Waals surface area contributed by atoms with E-state index in [1.54, 1.807) is 69.3 Å². The van der Waals surface area contributed by atoms with Crippen molar-refractivity contribution in [1.82, 2.24) is 0 Å². The van der Waals surface area contributed by atoms with E-state index in [0.717, 1.165) is 0 Å². The molecule has 1 heterocycles. The monoisotopic (exact) mass is 410 g/mol. The first-order chi connectivity index (χ1) is 14.3. The Labute approximate surface area is 176 Å². The van der Waals surface area contributed by atoms with E-state index in [4.69, 9.17) is 9.47 Å². The molecule has 0 spiro atoms. The highest BCUT2D eigenvalue weighted by Crippen LogP contribution is 2.37. The summed E-state index contributed by atoms with van der Waals surface area (Å²) in [5.41, 5.74) is -0.0494. The molecule has 0 unspecified atom stereocenters. The highest BCUT2D eigenvalue weighted by molar-refractivity contribution is 6.15. The third-order valence-corrected chi connectivity index (χ3v) is 5.02. The number of nitrogens with zero attached hydrogens (tertiary/aromatic N) is 1. The molecule has 0 bridgehead atoms. The predicted molar refractivity (Wildman–Crippen MR) is 113 cm³/mol. The second-order valence-electron chi connectivity index (χ2n) is 7.61. The van der Waals surface area contributed by atoms with Gasteiger partial charge in [-0.3, -0.25) is 14.5 Å². The van der Waals surface area contributed by atoms with E-state index in [2.05, 4.69) is 5.32 Å². The van der Waals surface area contributed by atoms with Gasteiger partial charge in [0.05, 0.1) is 11.4 Å². The first-order valence-corrected chi connectivity index (χ1v) is 9.92.